The standard InChI is InChI=1S/C16H15ClN2OS/c1-2-16-19-12-7-9(3-5-13(12)20-16)18-11-4-6-14-10(11)8-15(17)21-14/h3,5,7-8,11,18H,2,4,6H2,1H3. The summed E-state index contributed by atoms with van der Waals surface area (Å²) in [4.78, 5) is 5.90. The fourth-order valence-electron chi connectivity index (χ4n) is 2.90. The fraction of sp³-hybridized carbons (Fsp3) is 0.312. The number of thiophene rings is 1. The second kappa shape index (κ2) is 5.04. The van der Waals surface area contributed by atoms with Gasteiger partial charge >= 0.3 is 0 Å². The number of rotatable bonds is 3. The molecule has 1 atom stereocenters. The summed E-state index contributed by atoms with van der Waals surface area (Å²) in [6.45, 7) is 2.05. The molecule has 3 nitrogen and oxygen atoms in total. The quantitative estimate of drug-likeness (QED) is 0.721. The highest BCUT2D eigenvalue weighted by Gasteiger charge is 2.25. The van der Waals surface area contributed by atoms with E-state index >= 15 is 0 Å². The summed E-state index contributed by atoms with van der Waals surface area (Å²) in [6, 6.07) is 8.54. The molecule has 3 aromatic rings. The Hall–Kier alpha value is -1.52. The van der Waals surface area contributed by atoms with Crippen LogP contribution in [-0.2, 0) is 12.8 Å². The molecule has 1 aliphatic carbocycles. The summed E-state index contributed by atoms with van der Waals surface area (Å²) >= 11 is 7.81. The van der Waals surface area contributed by atoms with Gasteiger partial charge in [-0.1, -0.05) is 18.5 Å². The van der Waals surface area contributed by atoms with Crippen molar-refractivity contribution in [3.8, 4) is 0 Å². The molecule has 5 heteroatoms. The average Bonchev–Trinajstić information content (AvgIpc) is 3.13. The third-order valence-corrected chi connectivity index (χ3v) is 5.26. The third-order valence-electron chi connectivity index (χ3n) is 3.92. The minimum absolute atomic E-state index is 0.346. The normalized spacial score (nSPS) is 17.3. The zero-order valence-electron chi connectivity index (χ0n) is 11.6. The van der Waals surface area contributed by atoms with Crippen LogP contribution in [0.2, 0.25) is 4.34 Å². The van der Waals surface area contributed by atoms with Crippen molar-refractivity contribution in [3.05, 3.63) is 44.9 Å². The second-order valence-electron chi connectivity index (χ2n) is 5.31. The van der Waals surface area contributed by atoms with Crippen molar-refractivity contribution in [1.82, 2.24) is 4.98 Å². The van der Waals surface area contributed by atoms with Crippen molar-refractivity contribution in [2.24, 2.45) is 0 Å². The molecular formula is C16H15ClN2OS. The van der Waals surface area contributed by atoms with E-state index < -0.39 is 0 Å². The maximum atomic E-state index is 6.11. The molecule has 0 amide bonds. The van der Waals surface area contributed by atoms with Crippen LogP contribution in [0.1, 0.15) is 35.7 Å². The maximum absolute atomic E-state index is 6.11. The number of aryl methyl sites for hydroxylation is 2. The molecular weight excluding hydrogens is 304 g/mol. The second-order valence-corrected chi connectivity index (χ2v) is 7.08. The van der Waals surface area contributed by atoms with Crippen LogP contribution < -0.4 is 5.32 Å². The molecule has 0 saturated heterocycles. The highest BCUT2D eigenvalue weighted by atomic mass is 35.5. The van der Waals surface area contributed by atoms with Crippen LogP contribution in [0.15, 0.2) is 28.7 Å². The number of anilines is 1. The van der Waals surface area contributed by atoms with Crippen LogP contribution >= 0.6 is 22.9 Å². The van der Waals surface area contributed by atoms with Crippen LogP contribution in [0.5, 0.6) is 0 Å². The molecule has 1 N–H and O–H groups in total. The Labute approximate surface area is 131 Å². The van der Waals surface area contributed by atoms with Crippen molar-refractivity contribution in [2.75, 3.05) is 5.32 Å². The molecule has 0 radical (unpaired) electrons. The molecule has 0 aliphatic heterocycles. The van der Waals surface area contributed by atoms with Gasteiger partial charge in [0.1, 0.15) is 5.52 Å². The van der Waals surface area contributed by atoms with Gasteiger partial charge < -0.3 is 9.73 Å². The van der Waals surface area contributed by atoms with Gasteiger partial charge in [0, 0.05) is 17.0 Å². The van der Waals surface area contributed by atoms with Crippen LogP contribution in [0.3, 0.4) is 0 Å². The highest BCUT2D eigenvalue weighted by Crippen LogP contribution is 2.41. The molecule has 1 aromatic carbocycles. The zero-order valence-corrected chi connectivity index (χ0v) is 13.2. The summed E-state index contributed by atoms with van der Waals surface area (Å²) in [5, 5.41) is 3.60. The highest BCUT2D eigenvalue weighted by molar-refractivity contribution is 7.16. The van der Waals surface area contributed by atoms with Crippen molar-refractivity contribution in [1.29, 1.82) is 0 Å². The van der Waals surface area contributed by atoms with Crippen molar-refractivity contribution >= 4 is 39.7 Å². The van der Waals surface area contributed by atoms with Crippen LogP contribution in [-0.4, -0.2) is 4.98 Å². The Bertz CT molecular complexity index is 808. The van der Waals surface area contributed by atoms with Gasteiger partial charge in [-0.05, 0) is 42.7 Å². The van der Waals surface area contributed by atoms with Crippen LogP contribution in [0, 0.1) is 0 Å². The number of oxazole rings is 1. The van der Waals surface area contributed by atoms with Gasteiger partial charge in [0.25, 0.3) is 0 Å². The van der Waals surface area contributed by atoms with E-state index in [9.17, 15) is 0 Å². The van der Waals surface area contributed by atoms with Gasteiger partial charge in [0.2, 0.25) is 0 Å². The Morgan fingerprint density at radius 2 is 2.33 bits per heavy atom. The van der Waals surface area contributed by atoms with Crippen molar-refractivity contribution < 1.29 is 4.42 Å². The predicted octanol–water partition coefficient (Wildman–Crippen LogP) is 5.20. The Kier molecular flexibility index (Phi) is 3.16. The lowest BCUT2D eigenvalue weighted by Gasteiger charge is -2.14. The molecule has 0 saturated carbocycles. The first kappa shape index (κ1) is 13.2. The smallest absolute Gasteiger partial charge is 0.195 e. The van der Waals surface area contributed by atoms with E-state index in [0.29, 0.717) is 6.04 Å². The number of nitrogens with zero attached hydrogens (tertiary/aromatic N) is 1. The van der Waals surface area contributed by atoms with E-state index in [1.54, 1.807) is 11.3 Å². The molecule has 1 aliphatic rings. The van der Waals surface area contributed by atoms with E-state index in [4.69, 9.17) is 16.0 Å². The van der Waals surface area contributed by atoms with E-state index in [-0.39, 0.29) is 0 Å². The van der Waals surface area contributed by atoms with Crippen molar-refractivity contribution in [3.63, 3.8) is 0 Å². The summed E-state index contributed by atoms with van der Waals surface area (Å²) in [6.07, 6.45) is 3.04. The summed E-state index contributed by atoms with van der Waals surface area (Å²) < 4.78 is 6.53. The van der Waals surface area contributed by atoms with E-state index in [1.165, 1.54) is 10.4 Å². The lowest BCUT2D eigenvalue weighted by Crippen LogP contribution is -2.06. The number of fused-ring (bicyclic) bond motifs is 2. The Morgan fingerprint density at radius 3 is 3.19 bits per heavy atom. The first-order valence-electron chi connectivity index (χ1n) is 7.17. The largest absolute Gasteiger partial charge is 0.441 e. The first-order chi connectivity index (χ1) is 10.2. The van der Waals surface area contributed by atoms with Crippen LogP contribution in [0.4, 0.5) is 5.69 Å². The topological polar surface area (TPSA) is 38.1 Å². The van der Waals surface area contributed by atoms with Gasteiger partial charge in [-0.3, -0.25) is 0 Å². The average molecular weight is 319 g/mol. The third kappa shape index (κ3) is 2.32. The molecule has 4 rings (SSSR count). The molecule has 2 aromatic heterocycles. The molecule has 1 unspecified atom stereocenters. The van der Waals surface area contributed by atoms with E-state index in [0.717, 1.165) is 46.3 Å². The maximum Gasteiger partial charge on any atom is 0.195 e. The lowest BCUT2D eigenvalue weighted by molar-refractivity contribution is 0.538. The Morgan fingerprint density at radius 1 is 1.43 bits per heavy atom. The van der Waals surface area contributed by atoms with Gasteiger partial charge in [-0.15, -0.1) is 11.3 Å². The summed E-state index contributed by atoms with van der Waals surface area (Å²) in [5.41, 5.74) is 4.19. The summed E-state index contributed by atoms with van der Waals surface area (Å²) in [5.74, 6) is 0.787. The summed E-state index contributed by atoms with van der Waals surface area (Å²) in [7, 11) is 0. The number of nitrogens with one attached hydrogen (secondary N) is 1. The molecule has 21 heavy (non-hydrogen) atoms. The SMILES string of the molecule is CCc1nc2cc(NC3CCc4sc(Cl)cc43)ccc2o1. The molecule has 2 heterocycles. The number of hydrogen-bond acceptors (Lipinski definition) is 4. The van der Waals surface area contributed by atoms with Crippen molar-refractivity contribution in [2.45, 2.75) is 32.2 Å². The fourth-order valence-corrected chi connectivity index (χ4v) is 4.25. The lowest BCUT2D eigenvalue weighted by atomic mass is 10.1. The van der Waals surface area contributed by atoms with Gasteiger partial charge in [-0.25, -0.2) is 4.98 Å². The molecule has 108 valence electrons. The molecule has 0 spiro atoms. The predicted molar refractivity (Wildman–Crippen MR) is 87.4 cm³/mol. The number of benzene rings is 1. The number of aromatic nitrogens is 1. The first-order valence-corrected chi connectivity index (χ1v) is 8.36. The molecule has 0 fully saturated rings. The Balaban J connectivity index is 1.62. The van der Waals surface area contributed by atoms with Gasteiger partial charge in [0.05, 0.1) is 10.4 Å². The minimum atomic E-state index is 0.346. The zero-order chi connectivity index (χ0) is 14.4. The van der Waals surface area contributed by atoms with Gasteiger partial charge in [0.15, 0.2) is 11.5 Å². The van der Waals surface area contributed by atoms with Crippen LogP contribution in [0.25, 0.3) is 11.1 Å². The van der Waals surface area contributed by atoms with Gasteiger partial charge in [-0.2, -0.15) is 0 Å². The number of hydrogen-bond donors (Lipinski definition) is 1. The minimum Gasteiger partial charge on any atom is -0.441 e. The number of halogens is 1. The monoisotopic (exact) mass is 318 g/mol. The van der Waals surface area contributed by atoms with E-state index in [2.05, 4.69) is 28.5 Å². The molecule has 0 bridgehead atoms. The van der Waals surface area contributed by atoms with E-state index in [1.807, 2.05) is 13.0 Å².